The molecule has 30 saturated heterocycles. The van der Waals surface area contributed by atoms with E-state index in [1.54, 1.807) is 0 Å². The average Bonchev–Trinajstić information content (AvgIpc) is 0.783. The fraction of sp³-hybridized carbons (Fsp3) is 0.875. The Labute approximate surface area is 558 Å². The summed E-state index contributed by atoms with van der Waals surface area (Å²) in [5.41, 5.74) is 0.412. The molecular weight excluding hydrogens is 1360 g/mol. The Kier molecular flexibility index (Phi) is 26.9. The van der Waals surface area contributed by atoms with Crippen LogP contribution in [0.4, 0.5) is 0 Å². The molecule has 0 aliphatic carbocycles. The minimum absolute atomic E-state index is 0.290. The number of aliphatic hydroxyl groups excluding tert-OH is 23. The van der Waals surface area contributed by atoms with Crippen LogP contribution in [0.25, 0.3) is 0 Å². The van der Waals surface area contributed by atoms with Crippen molar-refractivity contribution in [1.82, 2.24) is 0 Å². The number of hydrogen-bond donors (Lipinski definition) is 24. The number of aliphatic hydroxyl groups is 23. The van der Waals surface area contributed by atoms with Gasteiger partial charge in [-0.3, -0.25) is 4.79 Å². The third-order valence-corrected chi connectivity index (χ3v) is 19.5. The highest BCUT2D eigenvalue weighted by molar-refractivity contribution is 7.99. The van der Waals surface area contributed by atoms with Gasteiger partial charge in [0.15, 0.2) is 50.3 Å². The number of hydrogen-bond acceptors (Lipinski definition) is 41. The summed E-state index contributed by atoms with van der Waals surface area (Å²) in [7, 11) is 0. The first-order valence-corrected chi connectivity index (χ1v) is 32.3. The van der Waals surface area contributed by atoms with Crippen molar-refractivity contribution in [3.63, 3.8) is 0 Å². The molecule has 0 radical (unpaired) electrons. The monoisotopic (exact) mass is 1450 g/mol. The number of benzene rings is 1. The minimum atomic E-state index is -2.27. The van der Waals surface area contributed by atoms with Crippen molar-refractivity contribution >= 4 is 17.7 Å². The maximum Gasteiger partial charge on any atom is 0.307 e. The maximum atomic E-state index is 11.9. The van der Waals surface area contributed by atoms with Crippen LogP contribution in [0.15, 0.2) is 29.2 Å². The molecule has 24 N–H and O–H groups in total. The van der Waals surface area contributed by atoms with Crippen LogP contribution in [0.3, 0.4) is 0 Å². The van der Waals surface area contributed by atoms with Gasteiger partial charge in [-0.05, 0) is 17.7 Å². The Morgan fingerprint density at radius 1 is 0.265 bits per heavy atom. The van der Waals surface area contributed by atoms with Crippen LogP contribution in [0.2, 0.25) is 0 Å². The summed E-state index contributed by atoms with van der Waals surface area (Å²) in [5, 5.41) is 268. The summed E-state index contributed by atoms with van der Waals surface area (Å²) in [6.45, 7) is -7.62. The predicted octanol–water partition coefficient (Wildman–Crippen LogP) is -15.0. The van der Waals surface area contributed by atoms with E-state index in [9.17, 15) is 127 Å². The van der Waals surface area contributed by atoms with Gasteiger partial charge in [-0.25, -0.2) is 0 Å². The number of carboxylic acid groups (broad SMARTS) is 1. The molecule has 30 heterocycles. The normalized spacial score (nSPS) is 50.8. The highest BCUT2D eigenvalue weighted by atomic mass is 32.2. The Morgan fingerprint density at radius 2 is 0.439 bits per heavy atom. The molecule has 24 unspecified atom stereocenters. The summed E-state index contributed by atoms with van der Waals surface area (Å²) in [6, 6.07) is 6.08. The first-order chi connectivity index (χ1) is 46.7. The molecule has 1 aromatic carbocycles. The summed E-state index contributed by atoms with van der Waals surface area (Å²) in [4.78, 5) is 11.9. The fourth-order valence-electron chi connectivity index (χ4n) is 12.9. The van der Waals surface area contributed by atoms with Gasteiger partial charge in [0.25, 0.3) is 0 Å². The molecule has 98 heavy (non-hydrogen) atoms. The standard InChI is InChI=1S/C56H86O41S/c57-6-16-41-25(66)33(74)49(82-16)91-42-17(7-58)84-51(35(76)27(42)68)93-44-19(9-60)86-53(37(78)29(44)70)95-46-21(11-62)88-55(39(80)31(46)72)97-48-23(13-98-15-3-1-14(2-4-15)5-24(64)65)89-56(40(81)32(48)73)96-47-22(12-63)87-54(38(79)30(47)71)94-45-20(10-61)85-52(36(77)28(45)69)92-43-18(8-59)83-50(90-41)34(75)26(43)67/h1-4,16-23,25-63,66-81H,5-13H2,(H,64,65)/t16?,17?,18?,19?,20?,21?,22?,23?,25?,26?,27?,28?,29?,30?,31?,32?,33?,34?,35?,36?,37?,38?,39?,40?,41-,42-,43-,44-,45-,46-,47-,48-,49-,50-,51-,52-,53-,54-,55-,56-/m1/s1. The lowest BCUT2D eigenvalue weighted by molar-refractivity contribution is -0.403. The Hall–Kier alpha value is -2.52. The molecule has 0 aromatic heterocycles. The minimum Gasteiger partial charge on any atom is -0.481 e. The third kappa shape index (κ3) is 16.2. The summed E-state index contributed by atoms with van der Waals surface area (Å²) >= 11 is 0.999. The maximum absolute atomic E-state index is 11.9. The van der Waals surface area contributed by atoms with Gasteiger partial charge in [0.05, 0.1) is 58.8 Å². The van der Waals surface area contributed by atoms with Gasteiger partial charge in [0.1, 0.15) is 189 Å². The Bertz CT molecular complexity index is 2630. The van der Waals surface area contributed by atoms with Gasteiger partial charge in [0.2, 0.25) is 0 Å². The molecule has 30 fully saturated rings. The van der Waals surface area contributed by atoms with Crippen molar-refractivity contribution in [2.75, 3.05) is 52.0 Å². The zero-order chi connectivity index (χ0) is 71.0. The molecule has 0 amide bonds. The summed E-state index contributed by atoms with van der Waals surface area (Å²) < 4.78 is 93.0. The van der Waals surface area contributed by atoms with Crippen LogP contribution in [-0.2, 0) is 87.0 Å². The van der Waals surface area contributed by atoms with E-state index in [2.05, 4.69) is 0 Å². The molecule has 562 valence electrons. The largest absolute Gasteiger partial charge is 0.481 e. The number of thioether (sulfide) groups is 1. The van der Waals surface area contributed by atoms with Crippen molar-refractivity contribution in [3.05, 3.63) is 29.8 Å². The molecule has 16 bridgehead atoms. The number of aliphatic carboxylic acids is 1. The van der Waals surface area contributed by atoms with Gasteiger partial charge in [-0.1, -0.05) is 12.1 Å². The number of ether oxygens (including phenoxy) is 16. The second-order valence-electron chi connectivity index (χ2n) is 24.8. The quantitative estimate of drug-likeness (QED) is 0.0864. The zero-order valence-corrected chi connectivity index (χ0v) is 52.2. The van der Waals surface area contributed by atoms with E-state index in [1.165, 1.54) is 24.3 Å². The number of carboxylic acids is 1. The molecule has 30 aliphatic heterocycles. The predicted molar refractivity (Wildman–Crippen MR) is 302 cm³/mol. The summed E-state index contributed by atoms with van der Waals surface area (Å²) in [5.74, 6) is -1.41. The second-order valence-corrected chi connectivity index (χ2v) is 25.9. The van der Waals surface area contributed by atoms with Gasteiger partial charge < -0.3 is 198 Å². The van der Waals surface area contributed by atoms with Gasteiger partial charge in [-0.2, -0.15) is 0 Å². The van der Waals surface area contributed by atoms with E-state index in [0.717, 1.165) is 11.8 Å². The average molecular weight is 1450 g/mol. The SMILES string of the molecule is O=C(O)Cc1ccc(SCC2O[C@@H]3O[C@@H]4C(CO)O[C@H](O[C@@H]5C(CO)O[C@H](O[C@@H]6C(CO)O[C@H](O[C@@H]7C(CO)O[C@H](O[C@@H]8C(CO)O[C@H](O[C@@H]9C(CO)O[C@H](O[C@@H]%10C(CO)O[C@H](O[C@H]2C(O)C3O)C(O)C%10O)C(O)C9O)C(O)C8O)C(O)C7O)C(O)C6O)C(O)C5O)C(O)C4O)cc1. The van der Waals surface area contributed by atoms with Gasteiger partial charge in [0, 0.05) is 10.6 Å². The topological polar surface area (TPSA) is 650 Å². The lowest BCUT2D eigenvalue weighted by Gasteiger charge is -2.50. The molecule has 0 spiro atoms. The van der Waals surface area contributed by atoms with E-state index in [0.29, 0.717) is 10.5 Å². The molecule has 30 aliphatic rings. The zero-order valence-electron chi connectivity index (χ0n) is 51.3. The van der Waals surface area contributed by atoms with Crippen LogP contribution < -0.4 is 0 Å². The van der Waals surface area contributed by atoms with E-state index in [-0.39, 0.29) is 12.2 Å². The van der Waals surface area contributed by atoms with Gasteiger partial charge >= 0.3 is 5.97 Å². The highest BCUT2D eigenvalue weighted by Crippen LogP contribution is 2.41. The number of rotatable bonds is 12. The van der Waals surface area contributed by atoms with E-state index < -0.39 is 298 Å². The first-order valence-electron chi connectivity index (χ1n) is 31.3. The molecule has 0 saturated carbocycles. The lowest BCUT2D eigenvalue weighted by Crippen LogP contribution is -2.69. The van der Waals surface area contributed by atoms with Crippen molar-refractivity contribution in [2.24, 2.45) is 0 Å². The lowest BCUT2D eigenvalue weighted by atomic mass is 9.95. The molecular formula is C56H86O41S. The van der Waals surface area contributed by atoms with Crippen molar-refractivity contribution in [2.45, 2.75) is 257 Å². The van der Waals surface area contributed by atoms with Crippen LogP contribution in [0.5, 0.6) is 0 Å². The summed E-state index contributed by atoms with van der Waals surface area (Å²) in [6.07, 6.45) is -82.4. The fourth-order valence-corrected chi connectivity index (χ4v) is 13.9. The van der Waals surface area contributed by atoms with E-state index in [4.69, 9.17) is 75.8 Å². The van der Waals surface area contributed by atoms with Crippen molar-refractivity contribution in [3.8, 4) is 0 Å². The Balaban J connectivity index is 0.930. The molecule has 41 nitrogen and oxygen atoms in total. The molecule has 40 atom stereocenters. The second kappa shape index (κ2) is 33.7. The molecule has 1 aromatic rings. The van der Waals surface area contributed by atoms with Crippen LogP contribution in [0, 0.1) is 0 Å². The third-order valence-electron chi connectivity index (χ3n) is 18.4. The number of carbonyl (C=O) groups is 1. The smallest absolute Gasteiger partial charge is 0.307 e. The van der Waals surface area contributed by atoms with E-state index >= 15 is 0 Å². The highest BCUT2D eigenvalue weighted by Gasteiger charge is 2.60. The van der Waals surface area contributed by atoms with E-state index in [1.807, 2.05) is 0 Å². The molecule has 42 heteroatoms. The van der Waals surface area contributed by atoms with Gasteiger partial charge in [-0.15, -0.1) is 11.8 Å². The van der Waals surface area contributed by atoms with Crippen molar-refractivity contribution in [1.29, 1.82) is 0 Å². The van der Waals surface area contributed by atoms with Crippen molar-refractivity contribution < 1.29 is 203 Å². The van der Waals surface area contributed by atoms with Crippen LogP contribution in [0.1, 0.15) is 5.56 Å². The van der Waals surface area contributed by atoms with Crippen LogP contribution >= 0.6 is 11.8 Å². The Morgan fingerprint density at radius 3 is 0.612 bits per heavy atom. The first kappa shape index (κ1) is 78.1. The molecule has 31 rings (SSSR count). The van der Waals surface area contributed by atoms with Crippen LogP contribution in [-0.4, -0.2) is 426 Å².